The number of nitrogens with zero attached hydrogens (tertiary/aromatic N) is 2. The van der Waals surface area contributed by atoms with E-state index in [0.717, 1.165) is 12.8 Å². The summed E-state index contributed by atoms with van der Waals surface area (Å²) < 4.78 is 5.73. The van der Waals surface area contributed by atoms with Crippen molar-refractivity contribution in [2.75, 3.05) is 7.05 Å². The van der Waals surface area contributed by atoms with Gasteiger partial charge in [0.1, 0.15) is 11.5 Å². The normalized spacial score (nSPS) is 24.8. The number of pyridine rings is 1. The van der Waals surface area contributed by atoms with Gasteiger partial charge < -0.3 is 15.0 Å². The van der Waals surface area contributed by atoms with E-state index >= 15 is 0 Å². The number of carbonyl (C=O) groups is 1. The van der Waals surface area contributed by atoms with Crippen LogP contribution in [0.3, 0.4) is 0 Å². The van der Waals surface area contributed by atoms with Crippen LogP contribution in [-0.2, 0) is 0 Å². The van der Waals surface area contributed by atoms with Gasteiger partial charge in [-0.05, 0) is 62.1 Å². The number of nitrogens with one attached hydrogen (secondary N) is 1. The summed E-state index contributed by atoms with van der Waals surface area (Å²) in [6.07, 6.45) is 7.96. The van der Waals surface area contributed by atoms with Crippen molar-refractivity contribution in [3.8, 4) is 11.5 Å². The van der Waals surface area contributed by atoms with Crippen LogP contribution in [0.15, 0.2) is 48.8 Å². The van der Waals surface area contributed by atoms with Gasteiger partial charge in [-0.15, -0.1) is 0 Å². The maximum Gasteiger partial charge on any atom is 0.253 e. The summed E-state index contributed by atoms with van der Waals surface area (Å²) in [5.74, 6) is 1.47. The molecule has 4 rings (SSSR count). The number of rotatable bonds is 4. The third kappa shape index (κ3) is 3.51. The molecule has 5 nitrogen and oxygen atoms in total. The predicted molar refractivity (Wildman–Crippen MR) is 95.8 cm³/mol. The molecule has 130 valence electrons. The van der Waals surface area contributed by atoms with Crippen molar-refractivity contribution < 1.29 is 9.53 Å². The third-order valence-electron chi connectivity index (χ3n) is 5.29. The lowest BCUT2D eigenvalue weighted by Crippen LogP contribution is -2.48. The molecule has 2 fully saturated rings. The van der Waals surface area contributed by atoms with Crippen molar-refractivity contribution in [3.63, 3.8) is 0 Å². The summed E-state index contributed by atoms with van der Waals surface area (Å²) in [4.78, 5) is 18.7. The van der Waals surface area contributed by atoms with Crippen molar-refractivity contribution in [1.82, 2.24) is 15.2 Å². The number of benzene rings is 1. The molecule has 1 N–H and O–H groups in total. The Morgan fingerprint density at radius 3 is 2.48 bits per heavy atom. The number of hydrogen-bond donors (Lipinski definition) is 1. The first-order chi connectivity index (χ1) is 12.2. The average molecular weight is 337 g/mol. The first-order valence-corrected chi connectivity index (χ1v) is 8.90. The maximum atomic E-state index is 12.8. The number of ether oxygens (including phenoxy) is 1. The second-order valence-electron chi connectivity index (χ2n) is 6.99. The Morgan fingerprint density at radius 2 is 1.84 bits per heavy atom. The summed E-state index contributed by atoms with van der Waals surface area (Å²) in [5, 5.41) is 3.62. The Morgan fingerprint density at radius 1 is 1.12 bits per heavy atom. The van der Waals surface area contributed by atoms with E-state index in [1.807, 2.05) is 48.3 Å². The average Bonchev–Trinajstić information content (AvgIpc) is 3.00. The van der Waals surface area contributed by atoms with Crippen LogP contribution in [0.4, 0.5) is 0 Å². The molecule has 0 aliphatic carbocycles. The Labute approximate surface area is 148 Å². The monoisotopic (exact) mass is 337 g/mol. The van der Waals surface area contributed by atoms with E-state index in [4.69, 9.17) is 4.74 Å². The van der Waals surface area contributed by atoms with Gasteiger partial charge in [0, 0.05) is 36.9 Å². The zero-order valence-corrected chi connectivity index (χ0v) is 14.4. The lowest BCUT2D eigenvalue weighted by Gasteiger charge is -2.35. The fourth-order valence-corrected chi connectivity index (χ4v) is 3.92. The van der Waals surface area contributed by atoms with E-state index in [-0.39, 0.29) is 5.91 Å². The van der Waals surface area contributed by atoms with Crippen LogP contribution in [0.1, 0.15) is 36.0 Å². The Hall–Kier alpha value is -2.40. The van der Waals surface area contributed by atoms with Crippen LogP contribution in [0.5, 0.6) is 11.5 Å². The van der Waals surface area contributed by atoms with Gasteiger partial charge in [0.05, 0.1) is 6.20 Å². The molecule has 2 unspecified atom stereocenters. The van der Waals surface area contributed by atoms with Crippen LogP contribution >= 0.6 is 0 Å². The molecule has 1 aromatic carbocycles. The maximum absolute atomic E-state index is 12.8. The van der Waals surface area contributed by atoms with E-state index in [2.05, 4.69) is 10.3 Å². The topological polar surface area (TPSA) is 54.5 Å². The van der Waals surface area contributed by atoms with Gasteiger partial charge in [0.15, 0.2) is 0 Å². The molecule has 2 saturated heterocycles. The summed E-state index contributed by atoms with van der Waals surface area (Å²) in [7, 11) is 1.93. The highest BCUT2D eigenvalue weighted by Gasteiger charge is 2.36. The van der Waals surface area contributed by atoms with Crippen molar-refractivity contribution in [1.29, 1.82) is 0 Å². The number of piperidine rings is 1. The van der Waals surface area contributed by atoms with E-state index in [0.29, 0.717) is 35.2 Å². The molecule has 2 aliphatic heterocycles. The van der Waals surface area contributed by atoms with Crippen molar-refractivity contribution in [2.45, 2.75) is 43.8 Å². The molecule has 25 heavy (non-hydrogen) atoms. The second kappa shape index (κ2) is 6.84. The molecular formula is C20H23N3O2. The van der Waals surface area contributed by atoms with E-state index in [9.17, 15) is 4.79 Å². The van der Waals surface area contributed by atoms with Crippen LogP contribution in [0, 0.1) is 0 Å². The lowest BCUT2D eigenvalue weighted by atomic mass is 9.98. The highest BCUT2D eigenvalue weighted by Crippen LogP contribution is 2.30. The zero-order chi connectivity index (χ0) is 17.2. The van der Waals surface area contributed by atoms with Gasteiger partial charge in [0.2, 0.25) is 0 Å². The summed E-state index contributed by atoms with van der Waals surface area (Å²) >= 11 is 0. The van der Waals surface area contributed by atoms with E-state index < -0.39 is 0 Å². The smallest absolute Gasteiger partial charge is 0.253 e. The van der Waals surface area contributed by atoms with Crippen LogP contribution < -0.4 is 10.1 Å². The molecule has 3 heterocycles. The van der Waals surface area contributed by atoms with Gasteiger partial charge in [-0.1, -0.05) is 0 Å². The van der Waals surface area contributed by atoms with Crippen LogP contribution in [-0.4, -0.2) is 41.0 Å². The molecule has 0 saturated carbocycles. The number of fused-ring (bicyclic) bond motifs is 2. The summed E-state index contributed by atoms with van der Waals surface area (Å²) in [6.45, 7) is 0. The predicted octanol–water partition coefficient (Wildman–Crippen LogP) is 3.23. The summed E-state index contributed by atoms with van der Waals surface area (Å²) in [5.41, 5.74) is 0.701. The minimum absolute atomic E-state index is 0.0826. The quantitative estimate of drug-likeness (QED) is 0.931. The molecule has 5 heteroatoms. The standard InChI is InChI=1S/C20H23N3O2/c1-23(17-11-15-6-7-16(12-17)22-15)20(24)14-4-8-18(9-5-14)25-19-3-2-10-21-13-19/h2-5,8-10,13,15-17,22H,6-7,11-12H2,1H3. The van der Waals surface area contributed by atoms with Gasteiger partial charge in [-0.3, -0.25) is 9.78 Å². The molecule has 1 amide bonds. The number of aromatic nitrogens is 1. The molecule has 2 aromatic rings. The fraction of sp³-hybridized carbons (Fsp3) is 0.400. The molecule has 1 aromatic heterocycles. The fourth-order valence-electron chi connectivity index (χ4n) is 3.92. The Balaban J connectivity index is 1.41. The summed E-state index contributed by atoms with van der Waals surface area (Å²) in [6, 6.07) is 12.5. The molecule has 0 radical (unpaired) electrons. The van der Waals surface area contributed by atoms with Gasteiger partial charge in [-0.2, -0.15) is 0 Å². The van der Waals surface area contributed by atoms with Gasteiger partial charge in [0.25, 0.3) is 5.91 Å². The Kier molecular flexibility index (Phi) is 4.40. The molecule has 2 atom stereocenters. The number of hydrogen-bond acceptors (Lipinski definition) is 4. The molecular weight excluding hydrogens is 314 g/mol. The minimum Gasteiger partial charge on any atom is -0.456 e. The zero-order valence-electron chi connectivity index (χ0n) is 14.4. The highest BCUT2D eigenvalue weighted by atomic mass is 16.5. The van der Waals surface area contributed by atoms with Gasteiger partial charge >= 0.3 is 0 Å². The van der Waals surface area contributed by atoms with Crippen LogP contribution in [0.2, 0.25) is 0 Å². The molecule has 2 aliphatic rings. The van der Waals surface area contributed by atoms with Gasteiger partial charge in [-0.25, -0.2) is 0 Å². The molecule has 0 spiro atoms. The lowest BCUT2D eigenvalue weighted by molar-refractivity contribution is 0.0681. The minimum atomic E-state index is 0.0826. The molecule has 2 bridgehead atoms. The van der Waals surface area contributed by atoms with Crippen LogP contribution in [0.25, 0.3) is 0 Å². The first-order valence-electron chi connectivity index (χ1n) is 8.90. The Bertz CT molecular complexity index is 720. The second-order valence-corrected chi connectivity index (χ2v) is 6.99. The van der Waals surface area contributed by atoms with Crippen molar-refractivity contribution in [3.05, 3.63) is 54.4 Å². The number of carbonyl (C=O) groups excluding carboxylic acids is 1. The van der Waals surface area contributed by atoms with E-state index in [1.54, 1.807) is 12.4 Å². The highest BCUT2D eigenvalue weighted by molar-refractivity contribution is 5.94. The van der Waals surface area contributed by atoms with E-state index in [1.165, 1.54) is 12.8 Å². The van der Waals surface area contributed by atoms with Crippen molar-refractivity contribution >= 4 is 5.91 Å². The largest absolute Gasteiger partial charge is 0.456 e. The number of amides is 1. The SMILES string of the molecule is CN(C(=O)c1ccc(Oc2cccnc2)cc1)C1CC2CCC(C1)N2. The van der Waals surface area contributed by atoms with Crippen molar-refractivity contribution in [2.24, 2.45) is 0 Å². The first kappa shape index (κ1) is 16.1. The third-order valence-corrected chi connectivity index (χ3v) is 5.29.